The van der Waals surface area contributed by atoms with E-state index in [2.05, 4.69) is 17.2 Å². The van der Waals surface area contributed by atoms with Gasteiger partial charge in [0.15, 0.2) is 0 Å². The van der Waals surface area contributed by atoms with Crippen LogP contribution in [0.15, 0.2) is 36.9 Å². The number of rotatable bonds is 3. The van der Waals surface area contributed by atoms with E-state index >= 15 is 0 Å². The third-order valence-electron chi connectivity index (χ3n) is 1.91. The summed E-state index contributed by atoms with van der Waals surface area (Å²) >= 11 is 0. The Bertz CT molecular complexity index is 489. The molecule has 5 nitrogen and oxygen atoms in total. The van der Waals surface area contributed by atoms with Gasteiger partial charge in [-0.05, 0) is 12.1 Å². The van der Waals surface area contributed by atoms with Crippen molar-refractivity contribution in [2.24, 2.45) is 0 Å². The molecule has 1 aromatic carbocycles. The minimum Gasteiger partial charge on any atom is -0.344 e. The number of amides is 2. The van der Waals surface area contributed by atoms with Gasteiger partial charge in [0.1, 0.15) is 6.07 Å². The Morgan fingerprint density at radius 2 is 2.06 bits per heavy atom. The van der Waals surface area contributed by atoms with E-state index in [1.807, 2.05) is 6.07 Å². The summed E-state index contributed by atoms with van der Waals surface area (Å²) in [5.74, 6) is -1.58. The second-order valence-corrected chi connectivity index (χ2v) is 3.11. The zero-order valence-corrected chi connectivity index (χ0v) is 9.06. The van der Waals surface area contributed by atoms with Crippen LogP contribution >= 0.6 is 0 Å². The molecule has 5 heteroatoms. The average Bonchev–Trinajstić information content (AvgIpc) is 2.36. The van der Waals surface area contributed by atoms with Crippen LogP contribution in [0.5, 0.6) is 0 Å². The van der Waals surface area contributed by atoms with Gasteiger partial charge < -0.3 is 10.6 Å². The Morgan fingerprint density at radius 1 is 1.35 bits per heavy atom. The third-order valence-corrected chi connectivity index (χ3v) is 1.91. The van der Waals surface area contributed by atoms with Gasteiger partial charge in [0.2, 0.25) is 0 Å². The highest BCUT2D eigenvalue weighted by atomic mass is 16.2. The van der Waals surface area contributed by atoms with Crippen LogP contribution in [0.4, 0.5) is 5.69 Å². The fourth-order valence-corrected chi connectivity index (χ4v) is 1.11. The van der Waals surface area contributed by atoms with E-state index in [0.29, 0.717) is 11.3 Å². The highest BCUT2D eigenvalue weighted by Crippen LogP contribution is 2.12. The van der Waals surface area contributed by atoms with Gasteiger partial charge >= 0.3 is 11.8 Å². The number of nitriles is 1. The van der Waals surface area contributed by atoms with Crippen LogP contribution in [-0.2, 0) is 9.59 Å². The Hall–Kier alpha value is -2.61. The summed E-state index contributed by atoms with van der Waals surface area (Å²) < 4.78 is 0. The average molecular weight is 229 g/mol. The van der Waals surface area contributed by atoms with Crippen LogP contribution in [0.25, 0.3) is 0 Å². The number of nitrogens with zero attached hydrogens (tertiary/aromatic N) is 1. The van der Waals surface area contributed by atoms with E-state index in [0.717, 1.165) is 0 Å². The zero-order chi connectivity index (χ0) is 12.7. The van der Waals surface area contributed by atoms with Crippen molar-refractivity contribution in [1.29, 1.82) is 5.26 Å². The summed E-state index contributed by atoms with van der Waals surface area (Å²) in [4.78, 5) is 22.7. The number of carbonyl (C=O) groups is 2. The maximum atomic E-state index is 11.4. The van der Waals surface area contributed by atoms with Crippen LogP contribution in [0.1, 0.15) is 5.56 Å². The Balaban J connectivity index is 2.71. The molecule has 1 rings (SSSR count). The molecule has 2 N–H and O–H groups in total. The lowest BCUT2D eigenvalue weighted by Gasteiger charge is -2.06. The number of hydrogen-bond acceptors (Lipinski definition) is 3. The quantitative estimate of drug-likeness (QED) is 0.594. The molecule has 0 heterocycles. The lowest BCUT2D eigenvalue weighted by Crippen LogP contribution is -2.35. The van der Waals surface area contributed by atoms with E-state index in [-0.39, 0.29) is 6.54 Å². The van der Waals surface area contributed by atoms with E-state index in [9.17, 15) is 9.59 Å². The fourth-order valence-electron chi connectivity index (χ4n) is 1.11. The summed E-state index contributed by atoms with van der Waals surface area (Å²) in [5.41, 5.74) is 0.617. The first kappa shape index (κ1) is 12.5. The fraction of sp³-hybridized carbons (Fsp3) is 0.0833. The molecule has 0 spiro atoms. The molecule has 0 aromatic heterocycles. The van der Waals surface area contributed by atoms with Crippen LogP contribution in [0, 0.1) is 11.3 Å². The van der Waals surface area contributed by atoms with Gasteiger partial charge in [-0.1, -0.05) is 18.2 Å². The molecule has 0 saturated heterocycles. The first-order valence-electron chi connectivity index (χ1n) is 4.88. The molecule has 0 saturated carbocycles. The molecule has 2 amide bonds. The minimum absolute atomic E-state index is 0.214. The summed E-state index contributed by atoms with van der Waals surface area (Å²) in [7, 11) is 0. The number of para-hydroxylation sites is 1. The molecule has 86 valence electrons. The van der Waals surface area contributed by atoms with Gasteiger partial charge in [-0.15, -0.1) is 6.58 Å². The largest absolute Gasteiger partial charge is 0.344 e. The maximum absolute atomic E-state index is 11.4. The Labute approximate surface area is 98.7 Å². The van der Waals surface area contributed by atoms with Crippen LogP contribution in [0.2, 0.25) is 0 Å². The second-order valence-electron chi connectivity index (χ2n) is 3.11. The van der Waals surface area contributed by atoms with Crippen molar-refractivity contribution in [3.63, 3.8) is 0 Å². The van der Waals surface area contributed by atoms with Crippen LogP contribution < -0.4 is 10.6 Å². The number of anilines is 1. The van der Waals surface area contributed by atoms with Crippen molar-refractivity contribution >= 4 is 17.5 Å². The maximum Gasteiger partial charge on any atom is 0.313 e. The van der Waals surface area contributed by atoms with Crippen molar-refractivity contribution in [2.45, 2.75) is 0 Å². The summed E-state index contributed by atoms with van der Waals surface area (Å²) in [6.07, 6.45) is 1.47. The Kier molecular flexibility index (Phi) is 4.45. The van der Waals surface area contributed by atoms with Crippen molar-refractivity contribution in [3.05, 3.63) is 42.5 Å². The second kappa shape index (κ2) is 6.08. The SMILES string of the molecule is C=CCNC(=O)C(=O)Nc1ccccc1C#N. The van der Waals surface area contributed by atoms with E-state index < -0.39 is 11.8 Å². The number of benzene rings is 1. The normalized spacial score (nSPS) is 8.88. The standard InChI is InChI=1S/C12H11N3O2/c1-2-7-14-11(16)12(17)15-10-6-4-3-5-9(10)8-13/h2-6H,1,7H2,(H,14,16)(H,15,17). The van der Waals surface area contributed by atoms with Crippen LogP contribution in [0.3, 0.4) is 0 Å². The first-order valence-corrected chi connectivity index (χ1v) is 4.88. The molecule has 0 aliphatic carbocycles. The van der Waals surface area contributed by atoms with E-state index in [4.69, 9.17) is 5.26 Å². The smallest absolute Gasteiger partial charge is 0.313 e. The molecule has 0 aliphatic heterocycles. The molecule has 0 aliphatic rings. The zero-order valence-electron chi connectivity index (χ0n) is 9.06. The van der Waals surface area contributed by atoms with Crippen molar-refractivity contribution in [1.82, 2.24) is 5.32 Å². The molecule has 17 heavy (non-hydrogen) atoms. The van der Waals surface area contributed by atoms with Crippen molar-refractivity contribution < 1.29 is 9.59 Å². The molecular formula is C12H11N3O2. The molecule has 0 fully saturated rings. The highest BCUT2D eigenvalue weighted by molar-refractivity contribution is 6.39. The minimum atomic E-state index is -0.811. The molecule has 0 bridgehead atoms. The summed E-state index contributed by atoms with van der Waals surface area (Å²) in [6.45, 7) is 3.63. The van der Waals surface area contributed by atoms with Gasteiger partial charge in [0.25, 0.3) is 0 Å². The number of hydrogen-bond donors (Lipinski definition) is 2. The highest BCUT2D eigenvalue weighted by Gasteiger charge is 2.13. The third kappa shape index (κ3) is 3.47. The lowest BCUT2D eigenvalue weighted by molar-refractivity contribution is -0.136. The monoisotopic (exact) mass is 229 g/mol. The molecular weight excluding hydrogens is 218 g/mol. The van der Waals surface area contributed by atoms with Crippen LogP contribution in [-0.4, -0.2) is 18.4 Å². The van der Waals surface area contributed by atoms with Crippen molar-refractivity contribution in [3.8, 4) is 6.07 Å². The molecule has 0 atom stereocenters. The molecule has 0 radical (unpaired) electrons. The first-order chi connectivity index (χ1) is 8.19. The topological polar surface area (TPSA) is 82.0 Å². The van der Waals surface area contributed by atoms with Gasteiger partial charge in [-0.3, -0.25) is 9.59 Å². The Morgan fingerprint density at radius 3 is 2.71 bits per heavy atom. The molecule has 1 aromatic rings. The molecule has 0 unspecified atom stereocenters. The van der Waals surface area contributed by atoms with E-state index in [1.54, 1.807) is 24.3 Å². The van der Waals surface area contributed by atoms with Crippen molar-refractivity contribution in [2.75, 3.05) is 11.9 Å². The van der Waals surface area contributed by atoms with Gasteiger partial charge in [-0.2, -0.15) is 5.26 Å². The van der Waals surface area contributed by atoms with Gasteiger partial charge in [-0.25, -0.2) is 0 Å². The van der Waals surface area contributed by atoms with Gasteiger partial charge in [0.05, 0.1) is 11.3 Å². The predicted octanol–water partition coefficient (Wildman–Crippen LogP) is 0.799. The lowest BCUT2D eigenvalue weighted by atomic mass is 10.2. The number of nitrogens with one attached hydrogen (secondary N) is 2. The summed E-state index contributed by atoms with van der Waals surface area (Å²) in [6, 6.07) is 8.36. The number of carbonyl (C=O) groups excluding carboxylic acids is 2. The summed E-state index contributed by atoms with van der Waals surface area (Å²) in [5, 5.41) is 13.5. The van der Waals surface area contributed by atoms with E-state index in [1.165, 1.54) is 6.08 Å². The van der Waals surface area contributed by atoms with Gasteiger partial charge in [0, 0.05) is 6.54 Å². The predicted molar refractivity (Wildman–Crippen MR) is 63.0 cm³/mol.